The van der Waals surface area contributed by atoms with Gasteiger partial charge in [-0.2, -0.15) is 0 Å². The molecule has 0 unspecified atom stereocenters. The van der Waals surface area contributed by atoms with Gasteiger partial charge in [0.05, 0.1) is 5.02 Å². The van der Waals surface area contributed by atoms with E-state index < -0.39 is 0 Å². The first kappa shape index (κ1) is 15.6. The highest BCUT2D eigenvalue weighted by Crippen LogP contribution is 2.29. The topological polar surface area (TPSA) is 21.3 Å². The van der Waals surface area contributed by atoms with E-state index in [1.807, 2.05) is 19.9 Å². The summed E-state index contributed by atoms with van der Waals surface area (Å²) >= 11 is 6.10. The van der Waals surface area contributed by atoms with Crippen LogP contribution in [0.1, 0.15) is 18.1 Å². The molecule has 0 heterocycles. The van der Waals surface area contributed by atoms with Crippen molar-refractivity contribution >= 4 is 24.0 Å². The molecule has 1 rings (SSSR count). The fourth-order valence-corrected chi connectivity index (χ4v) is 1.86. The van der Waals surface area contributed by atoms with Crippen LogP contribution in [0, 0.1) is 13.8 Å². The first-order chi connectivity index (χ1) is 7.15. The van der Waals surface area contributed by atoms with E-state index >= 15 is 0 Å². The van der Waals surface area contributed by atoms with Crippen molar-refractivity contribution in [1.29, 1.82) is 0 Å². The van der Waals surface area contributed by atoms with E-state index in [-0.39, 0.29) is 12.4 Å². The lowest BCUT2D eigenvalue weighted by molar-refractivity contribution is 0.313. The Balaban J connectivity index is 0.00000225. The van der Waals surface area contributed by atoms with Crippen molar-refractivity contribution in [3.63, 3.8) is 0 Å². The molecule has 0 aliphatic rings. The molecule has 16 heavy (non-hydrogen) atoms. The number of ether oxygens (including phenoxy) is 1. The highest BCUT2D eigenvalue weighted by molar-refractivity contribution is 6.32. The molecule has 0 bridgehead atoms. The minimum Gasteiger partial charge on any atom is -0.490 e. The molecule has 0 fully saturated rings. The Morgan fingerprint density at radius 1 is 1.31 bits per heavy atom. The van der Waals surface area contributed by atoms with Gasteiger partial charge in [-0.3, -0.25) is 0 Å². The molecule has 0 aromatic heterocycles. The van der Waals surface area contributed by atoms with E-state index in [0.29, 0.717) is 11.6 Å². The number of hydrogen-bond acceptors (Lipinski definition) is 2. The number of hydrogen-bond donors (Lipinski definition) is 1. The summed E-state index contributed by atoms with van der Waals surface area (Å²) in [6.07, 6.45) is 0. The molecule has 1 aromatic rings. The summed E-state index contributed by atoms with van der Waals surface area (Å²) in [7, 11) is 0. The molecule has 0 atom stereocenters. The first-order valence-electron chi connectivity index (χ1n) is 5.25. The third-order valence-corrected chi connectivity index (χ3v) is 2.43. The van der Waals surface area contributed by atoms with Crippen LogP contribution in [-0.4, -0.2) is 19.7 Å². The maximum Gasteiger partial charge on any atom is 0.140 e. The third-order valence-electron chi connectivity index (χ3n) is 2.15. The third kappa shape index (κ3) is 4.60. The first-order valence-corrected chi connectivity index (χ1v) is 5.63. The van der Waals surface area contributed by atoms with Crippen LogP contribution < -0.4 is 10.1 Å². The maximum absolute atomic E-state index is 6.10. The lowest BCUT2D eigenvalue weighted by atomic mass is 10.1. The van der Waals surface area contributed by atoms with Crippen molar-refractivity contribution in [3.8, 4) is 5.75 Å². The molecule has 0 saturated heterocycles. The smallest absolute Gasteiger partial charge is 0.140 e. The number of benzene rings is 1. The Morgan fingerprint density at radius 2 is 2.00 bits per heavy atom. The number of nitrogens with one attached hydrogen (secondary N) is 1. The summed E-state index contributed by atoms with van der Waals surface area (Å²) in [5, 5.41) is 3.90. The molecular weight excluding hydrogens is 245 g/mol. The SMILES string of the molecule is CCNCCOc1c(C)cc(C)cc1Cl.Cl. The van der Waals surface area contributed by atoms with Gasteiger partial charge in [0, 0.05) is 6.54 Å². The molecule has 1 aromatic carbocycles. The summed E-state index contributed by atoms with van der Waals surface area (Å²) < 4.78 is 5.63. The average molecular weight is 264 g/mol. The van der Waals surface area contributed by atoms with Gasteiger partial charge in [0.25, 0.3) is 0 Å². The number of halogens is 2. The highest BCUT2D eigenvalue weighted by atomic mass is 35.5. The molecule has 0 aliphatic carbocycles. The summed E-state index contributed by atoms with van der Waals surface area (Å²) in [4.78, 5) is 0. The lowest BCUT2D eigenvalue weighted by Gasteiger charge is -2.11. The van der Waals surface area contributed by atoms with E-state index in [0.717, 1.165) is 30.0 Å². The van der Waals surface area contributed by atoms with Crippen LogP contribution in [-0.2, 0) is 0 Å². The second-order valence-corrected chi connectivity index (χ2v) is 4.00. The molecule has 1 N–H and O–H groups in total. The van der Waals surface area contributed by atoms with Gasteiger partial charge in [-0.1, -0.05) is 24.6 Å². The number of rotatable bonds is 5. The maximum atomic E-state index is 6.10. The van der Waals surface area contributed by atoms with E-state index in [2.05, 4.69) is 18.3 Å². The van der Waals surface area contributed by atoms with Crippen molar-refractivity contribution in [2.75, 3.05) is 19.7 Å². The van der Waals surface area contributed by atoms with Crippen LogP contribution in [0.3, 0.4) is 0 Å². The minimum atomic E-state index is 0. The summed E-state index contributed by atoms with van der Waals surface area (Å²) in [5.74, 6) is 0.806. The normalized spacial score (nSPS) is 9.75. The van der Waals surface area contributed by atoms with Gasteiger partial charge in [0.2, 0.25) is 0 Å². The fraction of sp³-hybridized carbons (Fsp3) is 0.500. The van der Waals surface area contributed by atoms with Crippen molar-refractivity contribution in [1.82, 2.24) is 5.32 Å². The van der Waals surface area contributed by atoms with Gasteiger partial charge < -0.3 is 10.1 Å². The molecule has 0 aliphatic heterocycles. The van der Waals surface area contributed by atoms with Gasteiger partial charge in [-0.05, 0) is 37.6 Å². The molecule has 0 amide bonds. The Bertz CT molecular complexity index is 306. The second-order valence-electron chi connectivity index (χ2n) is 3.59. The van der Waals surface area contributed by atoms with Crippen LogP contribution in [0.15, 0.2) is 12.1 Å². The summed E-state index contributed by atoms with van der Waals surface area (Å²) in [6.45, 7) is 8.58. The number of likely N-dealkylation sites (N-methyl/N-ethyl adjacent to an activating group) is 1. The highest BCUT2D eigenvalue weighted by Gasteiger charge is 2.05. The monoisotopic (exact) mass is 263 g/mol. The lowest BCUT2D eigenvalue weighted by Crippen LogP contribution is -2.20. The predicted molar refractivity (Wildman–Crippen MR) is 72.2 cm³/mol. The zero-order valence-corrected chi connectivity index (χ0v) is 11.5. The molecule has 92 valence electrons. The van der Waals surface area contributed by atoms with E-state index in [4.69, 9.17) is 16.3 Å². The molecule has 2 nitrogen and oxygen atoms in total. The summed E-state index contributed by atoms with van der Waals surface area (Å²) in [6, 6.07) is 4.01. The van der Waals surface area contributed by atoms with Crippen LogP contribution in [0.4, 0.5) is 0 Å². The molecular formula is C12H19Cl2NO. The quantitative estimate of drug-likeness (QED) is 0.823. The average Bonchev–Trinajstić information content (AvgIpc) is 2.15. The van der Waals surface area contributed by atoms with E-state index in [9.17, 15) is 0 Å². The molecule has 0 radical (unpaired) electrons. The Hall–Kier alpha value is -0.440. The standard InChI is InChI=1S/C12H18ClNO.ClH/c1-4-14-5-6-15-12-10(3)7-9(2)8-11(12)13;/h7-8,14H,4-6H2,1-3H3;1H. The molecule has 0 spiro atoms. The largest absolute Gasteiger partial charge is 0.490 e. The summed E-state index contributed by atoms with van der Waals surface area (Å²) in [5.41, 5.74) is 2.26. The van der Waals surface area contributed by atoms with Crippen LogP contribution in [0.25, 0.3) is 0 Å². The van der Waals surface area contributed by atoms with E-state index in [1.165, 1.54) is 0 Å². The molecule has 4 heteroatoms. The molecule has 0 saturated carbocycles. The zero-order valence-electron chi connectivity index (χ0n) is 9.97. The van der Waals surface area contributed by atoms with Gasteiger partial charge in [-0.25, -0.2) is 0 Å². The van der Waals surface area contributed by atoms with Crippen LogP contribution >= 0.6 is 24.0 Å². The van der Waals surface area contributed by atoms with Crippen molar-refractivity contribution < 1.29 is 4.74 Å². The van der Waals surface area contributed by atoms with E-state index in [1.54, 1.807) is 0 Å². The van der Waals surface area contributed by atoms with Gasteiger partial charge >= 0.3 is 0 Å². The predicted octanol–water partition coefficient (Wildman–Crippen LogP) is 3.37. The van der Waals surface area contributed by atoms with Crippen molar-refractivity contribution in [2.24, 2.45) is 0 Å². The van der Waals surface area contributed by atoms with Gasteiger partial charge in [0.1, 0.15) is 12.4 Å². The Kier molecular flexibility index (Phi) is 7.56. The second kappa shape index (κ2) is 7.77. The Morgan fingerprint density at radius 3 is 2.56 bits per heavy atom. The number of aryl methyl sites for hydroxylation is 2. The van der Waals surface area contributed by atoms with Crippen molar-refractivity contribution in [2.45, 2.75) is 20.8 Å². The van der Waals surface area contributed by atoms with Gasteiger partial charge in [0.15, 0.2) is 0 Å². The van der Waals surface area contributed by atoms with Crippen molar-refractivity contribution in [3.05, 3.63) is 28.3 Å². The van der Waals surface area contributed by atoms with Crippen LogP contribution in [0.5, 0.6) is 5.75 Å². The Labute approximate surface area is 109 Å². The fourth-order valence-electron chi connectivity index (χ4n) is 1.49. The van der Waals surface area contributed by atoms with Gasteiger partial charge in [-0.15, -0.1) is 12.4 Å². The minimum absolute atomic E-state index is 0. The zero-order chi connectivity index (χ0) is 11.3. The van der Waals surface area contributed by atoms with Crippen LogP contribution in [0.2, 0.25) is 5.02 Å².